The van der Waals surface area contributed by atoms with E-state index in [9.17, 15) is 9.18 Å². The second kappa shape index (κ2) is 3.23. The van der Waals surface area contributed by atoms with Crippen LogP contribution in [0.5, 0.6) is 0 Å². The Kier molecular flexibility index (Phi) is 1.99. The molecule has 2 atom stereocenters. The van der Waals surface area contributed by atoms with Gasteiger partial charge in [-0.15, -0.1) is 11.8 Å². The van der Waals surface area contributed by atoms with Crippen molar-refractivity contribution in [2.24, 2.45) is 0 Å². The molecular formula is C11H10FNOS. The summed E-state index contributed by atoms with van der Waals surface area (Å²) in [4.78, 5) is 13.5. The zero-order chi connectivity index (χ0) is 10.4. The molecule has 2 saturated heterocycles. The van der Waals surface area contributed by atoms with Crippen molar-refractivity contribution in [3.63, 3.8) is 0 Å². The van der Waals surface area contributed by atoms with E-state index in [2.05, 4.69) is 0 Å². The smallest absolute Gasteiger partial charge is 0.240 e. The predicted molar refractivity (Wildman–Crippen MR) is 58.5 cm³/mol. The quantitative estimate of drug-likeness (QED) is 0.726. The molecule has 2 aliphatic heterocycles. The first-order chi connectivity index (χ1) is 7.27. The van der Waals surface area contributed by atoms with Gasteiger partial charge in [0.25, 0.3) is 0 Å². The summed E-state index contributed by atoms with van der Waals surface area (Å²) < 4.78 is 13.5. The molecule has 2 heterocycles. The van der Waals surface area contributed by atoms with E-state index in [0.717, 1.165) is 12.2 Å². The fourth-order valence-electron chi connectivity index (χ4n) is 2.26. The van der Waals surface area contributed by atoms with Crippen molar-refractivity contribution in [1.82, 2.24) is 0 Å². The van der Waals surface area contributed by atoms with E-state index in [-0.39, 0.29) is 23.0 Å². The number of carbonyl (C=O) groups is 1. The topological polar surface area (TPSA) is 20.3 Å². The van der Waals surface area contributed by atoms with Gasteiger partial charge in [0.15, 0.2) is 0 Å². The number of para-hydroxylation sites is 1. The zero-order valence-corrected chi connectivity index (χ0v) is 8.84. The molecule has 2 nitrogen and oxygen atoms in total. The Morgan fingerprint density at radius 2 is 2.20 bits per heavy atom. The number of rotatable bonds is 1. The van der Waals surface area contributed by atoms with Gasteiger partial charge < -0.3 is 4.90 Å². The predicted octanol–water partition coefficient (Wildman–Crippen LogP) is 2.05. The Hall–Kier alpha value is -1.03. The third-order valence-corrected chi connectivity index (χ3v) is 4.34. The molecule has 3 rings (SSSR count). The number of nitrogens with zero attached hydrogens (tertiary/aromatic N) is 1. The molecule has 15 heavy (non-hydrogen) atoms. The van der Waals surface area contributed by atoms with Gasteiger partial charge in [0, 0.05) is 11.8 Å². The molecule has 1 aromatic rings. The first-order valence-corrected chi connectivity index (χ1v) is 6.01. The first-order valence-electron chi connectivity index (χ1n) is 4.96. The van der Waals surface area contributed by atoms with Crippen molar-refractivity contribution in [2.45, 2.75) is 17.7 Å². The molecule has 0 aliphatic carbocycles. The van der Waals surface area contributed by atoms with Crippen molar-refractivity contribution in [2.75, 3.05) is 10.7 Å². The van der Waals surface area contributed by atoms with E-state index in [0.29, 0.717) is 5.69 Å². The van der Waals surface area contributed by atoms with E-state index in [4.69, 9.17) is 0 Å². The van der Waals surface area contributed by atoms with Crippen LogP contribution in [0.1, 0.15) is 6.42 Å². The monoisotopic (exact) mass is 223 g/mol. The van der Waals surface area contributed by atoms with Crippen LogP contribution < -0.4 is 4.90 Å². The van der Waals surface area contributed by atoms with Crippen LogP contribution in [0.15, 0.2) is 24.3 Å². The summed E-state index contributed by atoms with van der Waals surface area (Å²) >= 11 is 1.69. The largest absolute Gasteiger partial charge is 0.305 e. The summed E-state index contributed by atoms with van der Waals surface area (Å²) in [5, 5.41) is 0.0645. The summed E-state index contributed by atoms with van der Waals surface area (Å²) in [6.07, 6.45) is 0.873. The van der Waals surface area contributed by atoms with Gasteiger partial charge in [0.05, 0.1) is 10.9 Å². The Balaban J connectivity index is 2.02. The Morgan fingerprint density at radius 1 is 1.40 bits per heavy atom. The van der Waals surface area contributed by atoms with Gasteiger partial charge in [-0.1, -0.05) is 12.1 Å². The molecule has 2 bridgehead atoms. The highest BCUT2D eigenvalue weighted by Gasteiger charge is 2.46. The van der Waals surface area contributed by atoms with E-state index < -0.39 is 0 Å². The summed E-state index contributed by atoms with van der Waals surface area (Å²) in [7, 11) is 0. The van der Waals surface area contributed by atoms with Crippen LogP contribution in [0, 0.1) is 5.82 Å². The lowest BCUT2D eigenvalue weighted by atomic mass is 10.2. The van der Waals surface area contributed by atoms with Crippen LogP contribution in [0.3, 0.4) is 0 Å². The molecule has 1 amide bonds. The fraction of sp³-hybridized carbons (Fsp3) is 0.364. The highest BCUT2D eigenvalue weighted by Crippen LogP contribution is 2.41. The van der Waals surface area contributed by atoms with Crippen molar-refractivity contribution in [1.29, 1.82) is 0 Å². The Bertz CT molecular complexity index is 423. The number of benzene rings is 1. The maximum atomic E-state index is 13.5. The molecule has 0 spiro atoms. The molecular weight excluding hydrogens is 213 g/mol. The SMILES string of the molecule is O=C1C2CC(CS2)N1c1ccccc1F. The maximum Gasteiger partial charge on any atom is 0.240 e. The van der Waals surface area contributed by atoms with Gasteiger partial charge in [-0.05, 0) is 18.6 Å². The number of carbonyl (C=O) groups excluding carboxylic acids is 1. The second-order valence-electron chi connectivity index (χ2n) is 3.87. The van der Waals surface area contributed by atoms with Crippen LogP contribution in [-0.2, 0) is 4.79 Å². The third kappa shape index (κ3) is 1.28. The van der Waals surface area contributed by atoms with Gasteiger partial charge in [-0.2, -0.15) is 0 Å². The lowest BCUT2D eigenvalue weighted by Crippen LogP contribution is -2.39. The summed E-state index contributed by atoms with van der Waals surface area (Å²) in [6, 6.07) is 6.70. The number of hydrogen-bond donors (Lipinski definition) is 0. The fourth-order valence-corrected chi connectivity index (χ4v) is 3.61. The minimum Gasteiger partial charge on any atom is -0.305 e. The van der Waals surface area contributed by atoms with Gasteiger partial charge in [-0.25, -0.2) is 4.39 Å². The molecule has 78 valence electrons. The first kappa shape index (κ1) is 9.21. The molecule has 0 N–H and O–H groups in total. The van der Waals surface area contributed by atoms with Crippen molar-refractivity contribution in [3.8, 4) is 0 Å². The van der Waals surface area contributed by atoms with Crippen LogP contribution >= 0.6 is 11.8 Å². The summed E-state index contributed by atoms with van der Waals surface area (Å²) in [5.41, 5.74) is 0.440. The highest BCUT2D eigenvalue weighted by atomic mass is 32.2. The van der Waals surface area contributed by atoms with E-state index in [1.807, 2.05) is 0 Å². The van der Waals surface area contributed by atoms with Crippen LogP contribution in [-0.4, -0.2) is 23.0 Å². The highest BCUT2D eigenvalue weighted by molar-refractivity contribution is 8.01. The van der Waals surface area contributed by atoms with Crippen molar-refractivity contribution >= 4 is 23.4 Å². The zero-order valence-electron chi connectivity index (χ0n) is 8.02. The Labute approximate surface area is 91.5 Å². The molecule has 1 aromatic carbocycles. The van der Waals surface area contributed by atoms with Gasteiger partial charge >= 0.3 is 0 Å². The number of hydrogen-bond acceptors (Lipinski definition) is 2. The number of amides is 1. The minimum absolute atomic E-state index is 0.0645. The average molecular weight is 223 g/mol. The molecule has 0 radical (unpaired) electrons. The van der Waals surface area contributed by atoms with Crippen LogP contribution in [0.25, 0.3) is 0 Å². The lowest BCUT2D eigenvalue weighted by molar-refractivity contribution is -0.116. The number of anilines is 1. The molecule has 4 heteroatoms. The summed E-state index contributed by atoms with van der Waals surface area (Å²) in [6.45, 7) is 0. The second-order valence-corrected chi connectivity index (χ2v) is 5.11. The van der Waals surface area contributed by atoms with Crippen LogP contribution in [0.4, 0.5) is 10.1 Å². The standard InChI is InChI=1S/C11H10FNOS/c12-8-3-1-2-4-9(8)13-7-5-10(11(13)14)15-6-7/h1-4,7,10H,5-6H2. The lowest BCUT2D eigenvalue weighted by Gasteiger charge is -2.26. The van der Waals surface area contributed by atoms with E-state index in [1.54, 1.807) is 34.9 Å². The molecule has 0 aromatic heterocycles. The van der Waals surface area contributed by atoms with Crippen molar-refractivity contribution < 1.29 is 9.18 Å². The maximum absolute atomic E-state index is 13.5. The van der Waals surface area contributed by atoms with Crippen molar-refractivity contribution in [3.05, 3.63) is 30.1 Å². The Morgan fingerprint density at radius 3 is 2.87 bits per heavy atom. The van der Waals surface area contributed by atoms with Crippen LogP contribution in [0.2, 0.25) is 0 Å². The number of halogens is 1. The van der Waals surface area contributed by atoms with Gasteiger partial charge in [0.2, 0.25) is 5.91 Å². The molecule has 0 saturated carbocycles. The summed E-state index contributed by atoms with van der Waals surface area (Å²) in [5.74, 6) is 0.704. The minimum atomic E-state index is -0.302. The van der Waals surface area contributed by atoms with E-state index in [1.165, 1.54) is 6.07 Å². The number of fused-ring (bicyclic) bond motifs is 2. The van der Waals surface area contributed by atoms with Gasteiger partial charge in [-0.3, -0.25) is 4.79 Å². The number of thioether (sulfide) groups is 1. The average Bonchev–Trinajstić information content (AvgIpc) is 2.80. The molecule has 2 aliphatic rings. The molecule has 2 fully saturated rings. The van der Waals surface area contributed by atoms with E-state index >= 15 is 0 Å². The molecule has 2 unspecified atom stereocenters. The van der Waals surface area contributed by atoms with Gasteiger partial charge in [0.1, 0.15) is 5.82 Å². The third-order valence-electron chi connectivity index (χ3n) is 2.97. The normalized spacial score (nSPS) is 28.9.